The Kier molecular flexibility index (Phi) is 3.67. The number of carbonyl (C=O) groups is 1. The Labute approximate surface area is 121 Å². The molecule has 1 aromatic rings. The topological polar surface area (TPSA) is 54.4 Å². The van der Waals surface area contributed by atoms with E-state index in [1.165, 1.54) is 12.8 Å². The van der Waals surface area contributed by atoms with Crippen LogP contribution in [-0.4, -0.2) is 21.0 Å². The highest BCUT2D eigenvalue weighted by molar-refractivity contribution is 7.85. The smallest absolute Gasteiger partial charge is 0.336 e. The molecule has 0 heterocycles. The van der Waals surface area contributed by atoms with Crippen molar-refractivity contribution in [1.82, 2.24) is 0 Å². The minimum atomic E-state index is -1.04. The molecular formula is C16H20O3S. The lowest BCUT2D eigenvalue weighted by molar-refractivity contribution is 0.0695. The molecular weight excluding hydrogens is 272 g/mol. The summed E-state index contributed by atoms with van der Waals surface area (Å²) in [5.41, 5.74) is 2.27. The Hall–Kier alpha value is -1.16. The van der Waals surface area contributed by atoms with Gasteiger partial charge in [0.25, 0.3) is 0 Å². The van der Waals surface area contributed by atoms with Gasteiger partial charge in [0.05, 0.1) is 16.4 Å². The Bertz CT molecular complexity index is 571. The zero-order chi connectivity index (χ0) is 14.3. The van der Waals surface area contributed by atoms with Gasteiger partial charge in [-0.3, -0.25) is 4.21 Å². The molecule has 2 aliphatic rings. The largest absolute Gasteiger partial charge is 0.478 e. The highest BCUT2D eigenvalue weighted by atomic mass is 32.2. The molecule has 4 heteroatoms. The Morgan fingerprint density at radius 2 is 2.00 bits per heavy atom. The predicted octanol–water partition coefficient (Wildman–Crippen LogP) is 3.34. The molecule has 0 spiro atoms. The lowest BCUT2D eigenvalue weighted by atomic mass is 9.99. The van der Waals surface area contributed by atoms with Gasteiger partial charge in [0, 0.05) is 10.6 Å². The van der Waals surface area contributed by atoms with E-state index in [0.29, 0.717) is 29.6 Å². The first kappa shape index (κ1) is 13.8. The van der Waals surface area contributed by atoms with Crippen molar-refractivity contribution in [2.75, 3.05) is 5.75 Å². The van der Waals surface area contributed by atoms with Gasteiger partial charge in [-0.05, 0) is 61.1 Å². The van der Waals surface area contributed by atoms with Crippen LogP contribution in [0.5, 0.6) is 0 Å². The molecule has 2 fully saturated rings. The number of hydrogen-bond acceptors (Lipinski definition) is 2. The molecule has 108 valence electrons. The third-order valence-corrected chi connectivity index (χ3v) is 5.92. The first-order chi connectivity index (χ1) is 9.61. The average Bonchev–Trinajstić information content (AvgIpc) is 3.29. The van der Waals surface area contributed by atoms with Crippen molar-refractivity contribution in [3.05, 3.63) is 28.8 Å². The van der Waals surface area contributed by atoms with Gasteiger partial charge >= 0.3 is 5.97 Å². The summed E-state index contributed by atoms with van der Waals surface area (Å²) >= 11 is 0. The summed E-state index contributed by atoms with van der Waals surface area (Å²) in [7, 11) is -1.04. The van der Waals surface area contributed by atoms with Gasteiger partial charge in [-0.2, -0.15) is 0 Å². The van der Waals surface area contributed by atoms with E-state index in [9.17, 15) is 14.1 Å². The molecule has 20 heavy (non-hydrogen) atoms. The van der Waals surface area contributed by atoms with Gasteiger partial charge in [0.1, 0.15) is 0 Å². The van der Waals surface area contributed by atoms with Gasteiger partial charge < -0.3 is 5.11 Å². The summed E-state index contributed by atoms with van der Waals surface area (Å²) in [6.07, 6.45) is 5.26. The van der Waals surface area contributed by atoms with E-state index < -0.39 is 16.8 Å². The second-order valence-corrected chi connectivity index (χ2v) is 7.33. The van der Waals surface area contributed by atoms with Crippen molar-refractivity contribution in [3.63, 3.8) is 0 Å². The zero-order valence-electron chi connectivity index (χ0n) is 11.7. The van der Waals surface area contributed by atoms with E-state index in [1.54, 1.807) is 6.07 Å². The SMILES string of the molecule is CCc1c(C(=O)O)ccc(C2CC2)c1[S@](=O)CC1CC1. The van der Waals surface area contributed by atoms with E-state index in [0.717, 1.165) is 28.9 Å². The van der Waals surface area contributed by atoms with Crippen molar-refractivity contribution in [2.24, 2.45) is 5.92 Å². The molecule has 0 radical (unpaired) electrons. The quantitative estimate of drug-likeness (QED) is 0.875. The van der Waals surface area contributed by atoms with Crippen LogP contribution in [0.25, 0.3) is 0 Å². The third-order valence-electron chi connectivity index (χ3n) is 4.20. The van der Waals surface area contributed by atoms with Crippen LogP contribution in [0.3, 0.4) is 0 Å². The van der Waals surface area contributed by atoms with Crippen LogP contribution in [0.4, 0.5) is 0 Å². The molecule has 0 bridgehead atoms. The molecule has 1 aromatic carbocycles. The number of rotatable bonds is 6. The van der Waals surface area contributed by atoms with E-state index in [-0.39, 0.29) is 0 Å². The number of benzene rings is 1. The number of carboxylic acids is 1. The molecule has 0 aromatic heterocycles. The minimum absolute atomic E-state index is 0.330. The molecule has 0 saturated heterocycles. The second kappa shape index (κ2) is 5.32. The maximum Gasteiger partial charge on any atom is 0.336 e. The Balaban J connectivity index is 2.07. The van der Waals surface area contributed by atoms with Crippen LogP contribution < -0.4 is 0 Å². The molecule has 3 nitrogen and oxygen atoms in total. The number of hydrogen-bond donors (Lipinski definition) is 1. The summed E-state index contributed by atoms with van der Waals surface area (Å²) in [6.45, 7) is 1.95. The molecule has 0 aliphatic heterocycles. The average molecular weight is 292 g/mol. The molecule has 2 aliphatic carbocycles. The van der Waals surface area contributed by atoms with Crippen LogP contribution >= 0.6 is 0 Å². The lowest BCUT2D eigenvalue weighted by Crippen LogP contribution is -2.12. The normalized spacial score (nSPS) is 19.9. The van der Waals surface area contributed by atoms with E-state index >= 15 is 0 Å². The second-order valence-electron chi connectivity index (χ2n) is 5.90. The molecule has 2 saturated carbocycles. The summed E-state index contributed by atoms with van der Waals surface area (Å²) in [5, 5.41) is 9.34. The summed E-state index contributed by atoms with van der Waals surface area (Å²) < 4.78 is 12.7. The first-order valence-corrected chi connectivity index (χ1v) is 8.71. The van der Waals surface area contributed by atoms with Crippen LogP contribution in [0.1, 0.15) is 60.0 Å². The van der Waals surface area contributed by atoms with Gasteiger partial charge in [-0.1, -0.05) is 13.0 Å². The maximum atomic E-state index is 12.7. The first-order valence-electron chi connectivity index (χ1n) is 7.39. The monoisotopic (exact) mass is 292 g/mol. The molecule has 1 N–H and O–H groups in total. The van der Waals surface area contributed by atoms with Crippen molar-refractivity contribution >= 4 is 16.8 Å². The molecule has 1 atom stereocenters. The van der Waals surface area contributed by atoms with Crippen molar-refractivity contribution < 1.29 is 14.1 Å². The predicted molar refractivity (Wildman–Crippen MR) is 78.8 cm³/mol. The van der Waals surface area contributed by atoms with Crippen molar-refractivity contribution in [2.45, 2.75) is 49.8 Å². The fourth-order valence-electron chi connectivity index (χ4n) is 2.76. The van der Waals surface area contributed by atoms with Crippen molar-refractivity contribution in [3.8, 4) is 0 Å². The zero-order valence-corrected chi connectivity index (χ0v) is 12.5. The number of carboxylic acid groups (broad SMARTS) is 1. The van der Waals surface area contributed by atoms with E-state index in [2.05, 4.69) is 0 Å². The minimum Gasteiger partial charge on any atom is -0.478 e. The lowest BCUT2D eigenvalue weighted by Gasteiger charge is -2.16. The van der Waals surface area contributed by atoms with Gasteiger partial charge in [0.2, 0.25) is 0 Å². The van der Waals surface area contributed by atoms with Crippen molar-refractivity contribution in [1.29, 1.82) is 0 Å². The van der Waals surface area contributed by atoms with Gasteiger partial charge in [-0.15, -0.1) is 0 Å². The standard InChI is InChI=1S/C16H20O3S/c1-2-12-14(16(17)18)8-7-13(11-5-6-11)15(12)20(19)9-10-3-4-10/h7-8,10-11H,2-6,9H2,1H3,(H,17,18)/t20-/m1/s1. The molecule has 3 rings (SSSR count). The van der Waals surface area contributed by atoms with Crippen LogP contribution in [0.2, 0.25) is 0 Å². The summed E-state index contributed by atoms with van der Waals surface area (Å²) in [6, 6.07) is 3.60. The Morgan fingerprint density at radius 3 is 2.50 bits per heavy atom. The van der Waals surface area contributed by atoms with Crippen LogP contribution in [-0.2, 0) is 17.2 Å². The summed E-state index contributed by atoms with van der Waals surface area (Å²) in [5.74, 6) is 0.881. The fraction of sp³-hybridized carbons (Fsp3) is 0.562. The van der Waals surface area contributed by atoms with E-state index in [1.807, 2.05) is 13.0 Å². The third kappa shape index (κ3) is 2.66. The molecule has 0 amide bonds. The highest BCUT2D eigenvalue weighted by Crippen LogP contribution is 2.44. The van der Waals surface area contributed by atoms with Gasteiger partial charge in [0.15, 0.2) is 0 Å². The van der Waals surface area contributed by atoms with E-state index in [4.69, 9.17) is 0 Å². The summed E-state index contributed by atoms with van der Waals surface area (Å²) in [4.78, 5) is 12.2. The Morgan fingerprint density at radius 1 is 1.30 bits per heavy atom. The van der Waals surface area contributed by atoms with Crippen LogP contribution in [0.15, 0.2) is 17.0 Å². The fourth-order valence-corrected chi connectivity index (χ4v) is 4.72. The highest BCUT2D eigenvalue weighted by Gasteiger charge is 2.32. The number of aromatic carboxylic acids is 1. The van der Waals surface area contributed by atoms with Gasteiger partial charge in [-0.25, -0.2) is 4.79 Å². The molecule has 0 unspecified atom stereocenters. The van der Waals surface area contributed by atoms with Crippen LogP contribution in [0, 0.1) is 5.92 Å². The maximum absolute atomic E-state index is 12.7.